The van der Waals surface area contributed by atoms with E-state index >= 15 is 0 Å². The number of halogens is 3. The summed E-state index contributed by atoms with van der Waals surface area (Å²) in [6.45, 7) is -0.220. The smallest absolute Gasteiger partial charge is 0.416 e. The fourth-order valence-corrected chi connectivity index (χ4v) is 1.99. The van der Waals surface area contributed by atoms with Crippen molar-refractivity contribution >= 4 is 5.91 Å². The number of hydrogen-bond acceptors (Lipinski definition) is 5. The first-order chi connectivity index (χ1) is 10.8. The summed E-state index contributed by atoms with van der Waals surface area (Å²) in [6, 6.07) is 5.03. The maximum Gasteiger partial charge on any atom is 0.416 e. The van der Waals surface area contributed by atoms with Crippen LogP contribution in [0.1, 0.15) is 10.4 Å². The van der Waals surface area contributed by atoms with Gasteiger partial charge in [0, 0.05) is 12.3 Å². The quantitative estimate of drug-likeness (QED) is 0.859. The highest BCUT2D eigenvalue weighted by atomic mass is 19.4. The number of benzene rings is 1. The van der Waals surface area contributed by atoms with Crippen molar-refractivity contribution in [1.29, 1.82) is 0 Å². The molecule has 0 radical (unpaired) electrons. The molecule has 3 rings (SSSR count). The molecule has 1 atom stereocenters. The molecular weight excluding hydrogens is 317 g/mol. The topological polar surface area (TPSA) is 70.4 Å². The third kappa shape index (κ3) is 3.03. The van der Waals surface area contributed by atoms with Crippen LogP contribution in [0, 0.1) is 0 Å². The highest BCUT2D eigenvalue weighted by Gasteiger charge is 2.33. The zero-order valence-corrected chi connectivity index (χ0v) is 11.4. The molecule has 0 fully saturated rings. The molecule has 0 spiro atoms. The van der Waals surface area contributed by atoms with Crippen LogP contribution in [0.15, 0.2) is 41.3 Å². The Kier molecular flexibility index (Phi) is 3.55. The van der Waals surface area contributed by atoms with Crippen LogP contribution in [-0.2, 0) is 6.18 Å². The van der Waals surface area contributed by atoms with Crippen LogP contribution in [0.3, 0.4) is 0 Å². The molecule has 2 aromatic rings. The average Bonchev–Trinajstić information content (AvgIpc) is 2.80. The Labute approximate surface area is 127 Å². The van der Waals surface area contributed by atoms with Crippen molar-refractivity contribution in [2.24, 2.45) is 0 Å². The molecule has 9 heteroatoms. The van der Waals surface area contributed by atoms with Crippen LogP contribution in [0.4, 0.5) is 13.2 Å². The summed E-state index contributed by atoms with van der Waals surface area (Å²) < 4.78 is 48.9. The average molecular weight is 326 g/mol. The van der Waals surface area contributed by atoms with Gasteiger partial charge in [-0.05, 0) is 24.3 Å². The van der Waals surface area contributed by atoms with Crippen molar-refractivity contribution in [3.8, 4) is 11.8 Å². The van der Waals surface area contributed by atoms with Gasteiger partial charge in [0.25, 0.3) is 11.5 Å². The van der Waals surface area contributed by atoms with Gasteiger partial charge in [0.1, 0.15) is 12.4 Å². The number of nitrogens with zero attached hydrogens (tertiary/aromatic N) is 2. The summed E-state index contributed by atoms with van der Waals surface area (Å²) in [7, 11) is 0. The summed E-state index contributed by atoms with van der Waals surface area (Å²) in [6.07, 6.45) is -4.21. The Balaban J connectivity index is 1.66. The highest BCUT2D eigenvalue weighted by molar-refractivity contribution is 5.86. The van der Waals surface area contributed by atoms with E-state index in [-0.39, 0.29) is 18.4 Å². The largest absolute Gasteiger partial charge is 0.489 e. The fourth-order valence-electron chi connectivity index (χ4n) is 1.99. The van der Waals surface area contributed by atoms with E-state index in [2.05, 4.69) is 4.98 Å². The van der Waals surface area contributed by atoms with Crippen LogP contribution in [0.25, 0.3) is 0 Å². The van der Waals surface area contributed by atoms with Gasteiger partial charge < -0.3 is 9.47 Å². The molecule has 0 N–H and O–H groups in total. The molecule has 2 heterocycles. The van der Waals surface area contributed by atoms with Gasteiger partial charge in [-0.2, -0.15) is 18.2 Å². The van der Waals surface area contributed by atoms with E-state index in [0.717, 1.165) is 34.9 Å². The predicted octanol–water partition coefficient (Wildman–Crippen LogP) is 1.74. The normalized spacial score (nSPS) is 16.8. The minimum Gasteiger partial charge on any atom is -0.489 e. The van der Waals surface area contributed by atoms with Gasteiger partial charge >= 0.3 is 12.2 Å². The van der Waals surface area contributed by atoms with Crippen LogP contribution in [-0.4, -0.2) is 28.2 Å². The van der Waals surface area contributed by atoms with Crippen molar-refractivity contribution < 1.29 is 27.4 Å². The number of aromatic nitrogens is 2. The Morgan fingerprint density at radius 3 is 2.52 bits per heavy atom. The predicted molar refractivity (Wildman–Crippen MR) is 70.5 cm³/mol. The Bertz CT molecular complexity index is 799. The van der Waals surface area contributed by atoms with Crippen LogP contribution < -0.4 is 15.0 Å². The zero-order chi connectivity index (χ0) is 16.6. The monoisotopic (exact) mass is 326 g/mol. The second kappa shape index (κ2) is 5.41. The third-order valence-corrected chi connectivity index (χ3v) is 3.12. The van der Waals surface area contributed by atoms with Gasteiger partial charge in [0.2, 0.25) is 6.10 Å². The van der Waals surface area contributed by atoms with E-state index in [1.54, 1.807) is 0 Å². The Morgan fingerprint density at radius 1 is 1.17 bits per heavy atom. The number of carbonyl (C=O) groups excluding carboxylic acids is 1. The molecule has 0 bridgehead atoms. The molecule has 23 heavy (non-hydrogen) atoms. The van der Waals surface area contributed by atoms with Crippen molar-refractivity contribution in [1.82, 2.24) is 9.55 Å². The molecule has 0 amide bonds. The summed E-state index contributed by atoms with van der Waals surface area (Å²) in [5, 5.41) is 0. The van der Waals surface area contributed by atoms with Gasteiger partial charge in [-0.25, -0.2) is 4.57 Å². The number of alkyl halides is 3. The minimum atomic E-state index is -4.43. The highest BCUT2D eigenvalue weighted by Crippen LogP contribution is 2.30. The van der Waals surface area contributed by atoms with E-state index in [1.807, 2.05) is 0 Å². The van der Waals surface area contributed by atoms with E-state index < -0.39 is 29.3 Å². The van der Waals surface area contributed by atoms with Crippen molar-refractivity contribution in [2.75, 3.05) is 6.61 Å². The van der Waals surface area contributed by atoms with E-state index in [9.17, 15) is 22.8 Å². The lowest BCUT2D eigenvalue weighted by Crippen LogP contribution is -2.30. The first kappa shape index (κ1) is 15.1. The number of hydrogen-bond donors (Lipinski definition) is 0. The lowest BCUT2D eigenvalue weighted by atomic mass is 10.2. The molecule has 1 aliphatic heterocycles. The number of rotatable bonds is 3. The number of ether oxygens (including phenoxy) is 2. The molecule has 6 nitrogen and oxygen atoms in total. The maximum atomic E-state index is 12.4. The second-order valence-corrected chi connectivity index (χ2v) is 4.70. The fraction of sp³-hybridized carbons (Fsp3) is 0.214. The van der Waals surface area contributed by atoms with Crippen LogP contribution in [0.2, 0.25) is 0 Å². The Morgan fingerprint density at radius 2 is 1.87 bits per heavy atom. The summed E-state index contributed by atoms with van der Waals surface area (Å²) in [4.78, 5) is 26.6. The second-order valence-electron chi connectivity index (χ2n) is 4.70. The maximum absolute atomic E-state index is 12.4. The molecule has 1 unspecified atom stereocenters. The Hall–Kier alpha value is -2.84. The van der Waals surface area contributed by atoms with E-state index in [1.165, 1.54) is 6.20 Å². The molecule has 120 valence electrons. The molecule has 0 saturated carbocycles. The third-order valence-electron chi connectivity index (χ3n) is 3.12. The van der Waals surface area contributed by atoms with Gasteiger partial charge in [-0.3, -0.25) is 9.59 Å². The number of fused-ring (bicyclic) bond motifs is 1. The SMILES string of the molecule is O=C1C(COc2ccc(C(F)(F)F)cc2)Oc2nc(=O)ccn21. The zero-order valence-electron chi connectivity index (χ0n) is 11.4. The van der Waals surface area contributed by atoms with E-state index in [0.29, 0.717) is 0 Å². The van der Waals surface area contributed by atoms with Gasteiger partial charge in [0.05, 0.1) is 5.56 Å². The van der Waals surface area contributed by atoms with Crippen molar-refractivity contribution in [3.05, 3.63) is 52.4 Å². The molecule has 1 aliphatic rings. The van der Waals surface area contributed by atoms with Gasteiger partial charge in [-0.15, -0.1) is 0 Å². The van der Waals surface area contributed by atoms with E-state index in [4.69, 9.17) is 9.47 Å². The number of carbonyl (C=O) groups is 1. The standard InChI is InChI=1S/C14H9F3N2O4/c15-14(16,17)8-1-3-9(4-2-8)22-7-10-12(21)19-6-5-11(20)18-13(19)23-10/h1-6,10H,7H2. The summed E-state index contributed by atoms with van der Waals surface area (Å²) >= 11 is 0. The molecule has 1 aromatic carbocycles. The molecular formula is C14H9F3N2O4. The first-order valence-electron chi connectivity index (χ1n) is 6.45. The minimum absolute atomic E-state index is 0.136. The van der Waals surface area contributed by atoms with Crippen LogP contribution >= 0.6 is 0 Å². The van der Waals surface area contributed by atoms with Crippen molar-refractivity contribution in [2.45, 2.75) is 12.3 Å². The van der Waals surface area contributed by atoms with Gasteiger partial charge in [0.15, 0.2) is 0 Å². The lowest BCUT2D eigenvalue weighted by molar-refractivity contribution is -0.137. The first-order valence-corrected chi connectivity index (χ1v) is 6.45. The van der Waals surface area contributed by atoms with Gasteiger partial charge in [-0.1, -0.05) is 0 Å². The van der Waals surface area contributed by atoms with Crippen molar-refractivity contribution in [3.63, 3.8) is 0 Å². The van der Waals surface area contributed by atoms with Crippen LogP contribution in [0.5, 0.6) is 11.8 Å². The molecule has 0 aliphatic carbocycles. The lowest BCUT2D eigenvalue weighted by Gasteiger charge is -2.11. The summed E-state index contributed by atoms with van der Waals surface area (Å²) in [5.74, 6) is -0.313. The molecule has 1 aromatic heterocycles. The summed E-state index contributed by atoms with van der Waals surface area (Å²) in [5.41, 5.74) is -1.35. The molecule has 0 saturated heterocycles.